The number of anilines is 2. The summed E-state index contributed by atoms with van der Waals surface area (Å²) >= 11 is 0. The highest BCUT2D eigenvalue weighted by molar-refractivity contribution is 7.99. The third-order valence-corrected chi connectivity index (χ3v) is 2.73. The summed E-state index contributed by atoms with van der Waals surface area (Å²) in [5, 5.41) is 0. The van der Waals surface area contributed by atoms with Crippen LogP contribution in [-0.4, -0.2) is 9.76 Å². The summed E-state index contributed by atoms with van der Waals surface area (Å²) < 4.78 is 11.2. The summed E-state index contributed by atoms with van der Waals surface area (Å²) in [6.45, 7) is 0. The lowest BCUT2D eigenvalue weighted by molar-refractivity contribution is 0.691. The van der Waals surface area contributed by atoms with Gasteiger partial charge in [-0.25, -0.2) is 9.20 Å². The van der Waals surface area contributed by atoms with E-state index in [9.17, 15) is 4.21 Å². The van der Waals surface area contributed by atoms with Crippen LogP contribution in [0.3, 0.4) is 0 Å². The van der Waals surface area contributed by atoms with Crippen LogP contribution in [0.25, 0.3) is 0 Å². The molecule has 1 aliphatic heterocycles. The van der Waals surface area contributed by atoms with Gasteiger partial charge in [0.05, 0.1) is 38.3 Å². The van der Waals surface area contributed by atoms with E-state index in [1.54, 1.807) is 12.1 Å². The smallest absolute Gasteiger partial charge is 0.0985 e. The molecule has 0 saturated heterocycles. The Labute approximate surface area is 71.7 Å². The molecule has 12 heavy (non-hydrogen) atoms. The molecule has 0 spiro atoms. The van der Waals surface area contributed by atoms with Crippen LogP contribution in [0.15, 0.2) is 22.0 Å². The molecule has 1 aromatic carbocycles. The molecule has 62 valence electrons. The van der Waals surface area contributed by atoms with Crippen molar-refractivity contribution in [3.05, 3.63) is 12.1 Å². The van der Waals surface area contributed by atoms with Crippen molar-refractivity contribution in [3.8, 4) is 0 Å². The first-order valence-corrected chi connectivity index (χ1v) is 4.53. The molecule has 0 saturated carbocycles. The van der Waals surface area contributed by atoms with E-state index >= 15 is 0 Å². The van der Waals surface area contributed by atoms with E-state index in [-0.39, 0.29) is 0 Å². The van der Waals surface area contributed by atoms with Crippen molar-refractivity contribution in [3.63, 3.8) is 0 Å². The van der Waals surface area contributed by atoms with Gasteiger partial charge in [0.1, 0.15) is 0 Å². The van der Waals surface area contributed by atoms with E-state index in [1.165, 1.54) is 5.55 Å². The van der Waals surface area contributed by atoms with E-state index in [4.69, 9.17) is 11.5 Å². The van der Waals surface area contributed by atoms with Crippen LogP contribution in [0.1, 0.15) is 0 Å². The number of rotatable bonds is 0. The van der Waals surface area contributed by atoms with Crippen LogP contribution in [0.5, 0.6) is 0 Å². The van der Waals surface area contributed by atoms with Crippen LogP contribution in [0, 0.1) is 0 Å². The largest absolute Gasteiger partial charge is 0.397 e. The van der Waals surface area contributed by atoms with Gasteiger partial charge in [-0.3, -0.25) is 0 Å². The molecule has 0 amide bonds. The number of hydrogen-bond acceptors (Lipinski definition) is 4. The zero-order valence-corrected chi connectivity index (χ0v) is 6.97. The molecule has 0 radical (unpaired) electrons. The minimum atomic E-state index is -1.14. The molecule has 1 aromatic rings. The monoisotopic (exact) mass is 181 g/mol. The maximum Gasteiger partial charge on any atom is 0.0985 e. The number of aliphatic imine (C=N–C) groups is 1. The summed E-state index contributed by atoms with van der Waals surface area (Å²) in [5.74, 6) is 0. The molecule has 0 aliphatic carbocycles. The van der Waals surface area contributed by atoms with Crippen molar-refractivity contribution in [1.82, 2.24) is 0 Å². The average molecular weight is 181 g/mol. The highest BCUT2D eigenvalue weighted by Gasteiger charge is 2.15. The Morgan fingerprint density at radius 1 is 1.25 bits per heavy atom. The Morgan fingerprint density at radius 2 is 1.92 bits per heavy atom. The van der Waals surface area contributed by atoms with Gasteiger partial charge in [-0.1, -0.05) is 0 Å². The zero-order chi connectivity index (χ0) is 8.72. The Balaban J connectivity index is 2.69. The maximum absolute atomic E-state index is 11.2. The molecule has 4 N–H and O–H groups in total. The quantitative estimate of drug-likeness (QED) is 0.576. The Morgan fingerprint density at radius 3 is 2.67 bits per heavy atom. The van der Waals surface area contributed by atoms with Gasteiger partial charge in [0.15, 0.2) is 0 Å². The lowest BCUT2D eigenvalue weighted by atomic mass is 10.2. The van der Waals surface area contributed by atoms with Crippen LogP contribution < -0.4 is 11.5 Å². The summed E-state index contributed by atoms with van der Waals surface area (Å²) in [6, 6.07) is 3.24. The normalized spacial score (nSPS) is 19.5. The number of nitrogens with zero attached hydrogens (tertiary/aromatic N) is 1. The first-order valence-electron chi connectivity index (χ1n) is 3.32. The highest BCUT2D eigenvalue weighted by atomic mass is 32.2. The Hall–Kier alpha value is -1.36. The predicted octanol–water partition coefficient (Wildman–Crippen LogP) is 0.632. The molecule has 1 atom stereocenters. The van der Waals surface area contributed by atoms with Crippen molar-refractivity contribution in [1.29, 1.82) is 0 Å². The fraction of sp³-hybridized carbons (Fsp3) is 0. The standard InChI is InChI=1S/C7H7N3OS/c8-4-1-6-7(2-5(4)9)12(11)3-10-6/h1-3H,8-9H2. The van der Waals surface area contributed by atoms with Crippen molar-refractivity contribution in [2.45, 2.75) is 4.90 Å². The molecule has 5 heteroatoms. The number of benzene rings is 1. The summed E-state index contributed by atoms with van der Waals surface area (Å²) in [4.78, 5) is 4.56. The fourth-order valence-corrected chi connectivity index (χ4v) is 1.91. The van der Waals surface area contributed by atoms with Crippen molar-refractivity contribution >= 4 is 33.4 Å². The molecule has 1 unspecified atom stereocenters. The minimum absolute atomic E-state index is 0.451. The SMILES string of the molecule is Nc1cc2c(cc1N)S(=O)C=N2. The number of hydrogen-bond donors (Lipinski definition) is 2. The molecule has 0 bridgehead atoms. The second-order valence-corrected chi connectivity index (χ2v) is 3.73. The summed E-state index contributed by atoms with van der Waals surface area (Å²) in [7, 11) is -1.14. The first-order chi connectivity index (χ1) is 5.68. The molecular weight excluding hydrogens is 174 g/mol. The lowest BCUT2D eigenvalue weighted by Crippen LogP contribution is -1.95. The second-order valence-electron chi connectivity index (χ2n) is 2.48. The van der Waals surface area contributed by atoms with Crippen molar-refractivity contribution < 1.29 is 4.21 Å². The second kappa shape index (κ2) is 2.31. The van der Waals surface area contributed by atoms with Gasteiger partial charge in [0.25, 0.3) is 0 Å². The summed E-state index contributed by atoms with van der Waals surface area (Å²) in [6.07, 6.45) is 0. The van der Waals surface area contributed by atoms with E-state index in [0.29, 0.717) is 22.0 Å². The third-order valence-electron chi connectivity index (χ3n) is 1.67. The molecule has 0 aromatic heterocycles. The van der Waals surface area contributed by atoms with Crippen LogP contribution in [0.4, 0.5) is 17.1 Å². The number of fused-ring (bicyclic) bond motifs is 1. The highest BCUT2D eigenvalue weighted by Crippen LogP contribution is 2.32. The van der Waals surface area contributed by atoms with E-state index < -0.39 is 10.8 Å². The van der Waals surface area contributed by atoms with Gasteiger partial charge in [-0.05, 0) is 12.1 Å². The van der Waals surface area contributed by atoms with Crippen LogP contribution in [0.2, 0.25) is 0 Å². The Bertz CT molecular complexity index is 400. The van der Waals surface area contributed by atoms with E-state index in [2.05, 4.69) is 4.99 Å². The Kier molecular flexibility index (Phi) is 1.41. The number of nitrogen functional groups attached to an aromatic ring is 2. The topological polar surface area (TPSA) is 81.5 Å². The van der Waals surface area contributed by atoms with Crippen LogP contribution >= 0.6 is 0 Å². The molecule has 1 heterocycles. The summed E-state index contributed by atoms with van der Waals surface area (Å²) in [5.41, 5.74) is 14.0. The first kappa shape index (κ1) is 7.30. The maximum atomic E-state index is 11.2. The van der Waals surface area contributed by atoms with Gasteiger partial charge in [-0.15, -0.1) is 0 Å². The number of nitrogens with two attached hydrogens (primary N) is 2. The molecule has 0 fully saturated rings. The van der Waals surface area contributed by atoms with Gasteiger partial charge in [0.2, 0.25) is 0 Å². The molecule has 1 aliphatic rings. The fourth-order valence-electron chi connectivity index (χ4n) is 1.02. The van der Waals surface area contributed by atoms with E-state index in [0.717, 1.165) is 0 Å². The minimum Gasteiger partial charge on any atom is -0.397 e. The van der Waals surface area contributed by atoms with Gasteiger partial charge < -0.3 is 11.5 Å². The molecule has 4 nitrogen and oxygen atoms in total. The van der Waals surface area contributed by atoms with Gasteiger partial charge in [-0.2, -0.15) is 0 Å². The van der Waals surface area contributed by atoms with Gasteiger partial charge >= 0.3 is 0 Å². The van der Waals surface area contributed by atoms with Crippen molar-refractivity contribution in [2.75, 3.05) is 11.5 Å². The van der Waals surface area contributed by atoms with Crippen LogP contribution in [-0.2, 0) is 10.8 Å². The van der Waals surface area contributed by atoms with Crippen molar-refractivity contribution in [2.24, 2.45) is 4.99 Å². The third kappa shape index (κ3) is 0.902. The zero-order valence-electron chi connectivity index (χ0n) is 6.15. The average Bonchev–Trinajstić information content (AvgIpc) is 2.35. The molecule has 2 rings (SSSR count). The molecular formula is C7H7N3OS. The van der Waals surface area contributed by atoms with Gasteiger partial charge in [0, 0.05) is 0 Å². The predicted molar refractivity (Wildman–Crippen MR) is 49.8 cm³/mol. The van der Waals surface area contributed by atoms with E-state index in [1.807, 2.05) is 0 Å². The lowest BCUT2D eigenvalue weighted by Gasteiger charge is -2.01.